The SMILES string of the molecule is COc1cccc(-c2cc(=O)c3ccccc3o2)c1N.COc1cccc(-c2cc(=O)c3ccccc3o2)c1N. The third kappa shape index (κ3) is 4.98. The molecule has 0 aliphatic carbocycles. The highest BCUT2D eigenvalue weighted by molar-refractivity contribution is 5.84. The maximum Gasteiger partial charge on any atom is 0.193 e. The quantitative estimate of drug-likeness (QED) is 0.259. The molecule has 0 fully saturated rings. The Labute approximate surface area is 229 Å². The third-order valence-corrected chi connectivity index (χ3v) is 6.37. The molecule has 0 atom stereocenters. The van der Waals surface area contributed by atoms with E-state index < -0.39 is 0 Å². The van der Waals surface area contributed by atoms with Gasteiger partial charge in [0.2, 0.25) is 0 Å². The van der Waals surface area contributed by atoms with Crippen molar-refractivity contribution in [1.82, 2.24) is 0 Å². The lowest BCUT2D eigenvalue weighted by Gasteiger charge is -2.09. The van der Waals surface area contributed by atoms with E-state index in [1.807, 2.05) is 12.1 Å². The summed E-state index contributed by atoms with van der Waals surface area (Å²) in [5.41, 5.74) is 15.2. The van der Waals surface area contributed by atoms with Crippen LogP contribution in [-0.2, 0) is 0 Å². The Hall–Kier alpha value is -5.50. The van der Waals surface area contributed by atoms with E-state index in [-0.39, 0.29) is 10.9 Å². The fourth-order valence-corrected chi connectivity index (χ4v) is 4.35. The number of hydrogen-bond acceptors (Lipinski definition) is 8. The minimum absolute atomic E-state index is 0.0935. The highest BCUT2D eigenvalue weighted by Crippen LogP contribution is 2.34. The zero-order valence-electron chi connectivity index (χ0n) is 21.8. The monoisotopic (exact) mass is 534 g/mol. The summed E-state index contributed by atoms with van der Waals surface area (Å²) >= 11 is 0. The highest BCUT2D eigenvalue weighted by atomic mass is 16.5. The number of ether oxygens (including phenoxy) is 2. The molecule has 8 heteroatoms. The van der Waals surface area contributed by atoms with Crippen molar-refractivity contribution in [2.75, 3.05) is 25.7 Å². The molecule has 8 nitrogen and oxygen atoms in total. The number of methoxy groups -OCH3 is 2. The molecule has 40 heavy (non-hydrogen) atoms. The maximum absolute atomic E-state index is 12.1. The molecular weight excluding hydrogens is 508 g/mol. The van der Waals surface area contributed by atoms with E-state index in [9.17, 15) is 9.59 Å². The molecule has 2 heterocycles. The smallest absolute Gasteiger partial charge is 0.193 e. The van der Waals surface area contributed by atoms with E-state index in [0.717, 1.165) is 0 Å². The normalized spacial score (nSPS) is 10.7. The summed E-state index contributed by atoms with van der Waals surface area (Å²) in [6.07, 6.45) is 0. The van der Waals surface area contributed by atoms with Gasteiger partial charge >= 0.3 is 0 Å². The van der Waals surface area contributed by atoms with E-state index in [4.69, 9.17) is 29.8 Å². The summed E-state index contributed by atoms with van der Waals surface area (Å²) in [7, 11) is 3.10. The summed E-state index contributed by atoms with van der Waals surface area (Å²) < 4.78 is 21.9. The molecule has 0 saturated carbocycles. The summed E-state index contributed by atoms with van der Waals surface area (Å²) in [5, 5.41) is 1.11. The molecule has 6 aromatic rings. The van der Waals surface area contributed by atoms with Crippen molar-refractivity contribution in [3.8, 4) is 34.1 Å². The zero-order chi connectivity index (χ0) is 28.2. The van der Waals surface area contributed by atoms with Crippen LogP contribution in [0.4, 0.5) is 11.4 Å². The zero-order valence-corrected chi connectivity index (χ0v) is 21.8. The summed E-state index contributed by atoms with van der Waals surface area (Å²) in [5.74, 6) is 1.98. The molecule has 0 saturated heterocycles. The molecule has 6 rings (SSSR count). The van der Waals surface area contributed by atoms with Gasteiger partial charge in [-0.3, -0.25) is 9.59 Å². The van der Waals surface area contributed by atoms with Crippen LogP contribution in [0, 0.1) is 0 Å². The molecule has 0 amide bonds. The summed E-state index contributed by atoms with van der Waals surface area (Å²) in [6.45, 7) is 0. The van der Waals surface area contributed by atoms with Gasteiger partial charge in [0.25, 0.3) is 0 Å². The first-order valence-corrected chi connectivity index (χ1v) is 12.3. The van der Waals surface area contributed by atoms with Crippen LogP contribution in [0.2, 0.25) is 0 Å². The Bertz CT molecular complexity index is 1820. The van der Waals surface area contributed by atoms with Gasteiger partial charge in [-0.2, -0.15) is 0 Å². The van der Waals surface area contributed by atoms with Crippen molar-refractivity contribution in [2.45, 2.75) is 0 Å². The summed E-state index contributed by atoms with van der Waals surface area (Å²) in [6, 6.07) is 27.9. The lowest BCUT2D eigenvalue weighted by molar-refractivity contribution is 0.417. The maximum atomic E-state index is 12.1. The van der Waals surface area contributed by atoms with Crippen LogP contribution < -0.4 is 31.8 Å². The average molecular weight is 535 g/mol. The topological polar surface area (TPSA) is 131 Å². The van der Waals surface area contributed by atoms with Crippen LogP contribution in [-0.4, -0.2) is 14.2 Å². The number of fused-ring (bicyclic) bond motifs is 2. The van der Waals surface area contributed by atoms with Crippen molar-refractivity contribution in [2.24, 2.45) is 0 Å². The van der Waals surface area contributed by atoms with Gasteiger partial charge in [0, 0.05) is 23.3 Å². The van der Waals surface area contributed by atoms with Gasteiger partial charge in [-0.25, -0.2) is 0 Å². The van der Waals surface area contributed by atoms with Gasteiger partial charge in [-0.05, 0) is 48.5 Å². The van der Waals surface area contributed by atoms with E-state index in [1.165, 1.54) is 12.1 Å². The van der Waals surface area contributed by atoms with Crippen molar-refractivity contribution in [1.29, 1.82) is 0 Å². The molecule has 4 aromatic carbocycles. The Kier molecular flexibility index (Phi) is 7.24. The van der Waals surface area contributed by atoms with E-state index in [0.29, 0.717) is 67.5 Å². The van der Waals surface area contributed by atoms with E-state index >= 15 is 0 Å². The number of hydrogen-bond donors (Lipinski definition) is 2. The average Bonchev–Trinajstić information content (AvgIpc) is 2.98. The number of nitrogens with two attached hydrogens (primary N) is 2. The first kappa shape index (κ1) is 26.1. The number of para-hydroxylation sites is 4. The fourth-order valence-electron chi connectivity index (χ4n) is 4.35. The van der Waals surface area contributed by atoms with E-state index in [1.54, 1.807) is 87.0 Å². The second-order valence-corrected chi connectivity index (χ2v) is 8.79. The van der Waals surface area contributed by atoms with Crippen LogP contribution in [0.1, 0.15) is 0 Å². The minimum Gasteiger partial charge on any atom is -0.495 e. The van der Waals surface area contributed by atoms with Crippen molar-refractivity contribution < 1.29 is 18.3 Å². The second-order valence-electron chi connectivity index (χ2n) is 8.79. The van der Waals surface area contributed by atoms with Gasteiger partial charge in [-0.15, -0.1) is 0 Å². The van der Waals surface area contributed by atoms with Crippen molar-refractivity contribution in [3.63, 3.8) is 0 Å². The molecule has 0 bridgehead atoms. The van der Waals surface area contributed by atoms with Gasteiger partial charge < -0.3 is 29.8 Å². The van der Waals surface area contributed by atoms with Crippen molar-refractivity contribution in [3.05, 3.63) is 118 Å². The standard InChI is InChI=1S/2C16H13NO3/c2*1-19-14-8-4-6-11(16(14)17)15-9-12(18)10-5-2-3-7-13(10)20-15/h2*2-9H,17H2,1H3. The lowest BCUT2D eigenvalue weighted by Crippen LogP contribution is -2.01. The first-order chi connectivity index (χ1) is 19.4. The minimum atomic E-state index is -0.0935. The van der Waals surface area contributed by atoms with Crippen LogP contribution >= 0.6 is 0 Å². The van der Waals surface area contributed by atoms with Gasteiger partial charge in [0.15, 0.2) is 10.9 Å². The molecular formula is C32H26N2O6. The Morgan fingerprint density at radius 2 is 0.950 bits per heavy atom. The summed E-state index contributed by atoms with van der Waals surface area (Å²) in [4.78, 5) is 24.2. The number of nitrogen functional groups attached to an aromatic ring is 2. The second kappa shape index (κ2) is 11.1. The molecule has 0 aliphatic heterocycles. The Morgan fingerprint density at radius 3 is 1.35 bits per heavy atom. The van der Waals surface area contributed by atoms with Crippen molar-refractivity contribution >= 4 is 33.3 Å². The van der Waals surface area contributed by atoms with Crippen LogP contribution in [0.25, 0.3) is 44.6 Å². The third-order valence-electron chi connectivity index (χ3n) is 6.37. The predicted molar refractivity (Wildman–Crippen MR) is 158 cm³/mol. The largest absolute Gasteiger partial charge is 0.495 e. The molecule has 2 aromatic heterocycles. The number of anilines is 2. The molecule has 0 aliphatic rings. The lowest BCUT2D eigenvalue weighted by atomic mass is 10.1. The van der Waals surface area contributed by atoms with E-state index in [2.05, 4.69) is 0 Å². The van der Waals surface area contributed by atoms with Gasteiger partial charge in [-0.1, -0.05) is 36.4 Å². The number of rotatable bonds is 4. The molecule has 200 valence electrons. The molecule has 0 unspecified atom stereocenters. The molecule has 0 radical (unpaired) electrons. The van der Waals surface area contributed by atoms with Crippen LogP contribution in [0.15, 0.2) is 115 Å². The fraction of sp³-hybridized carbons (Fsp3) is 0.0625. The molecule has 0 spiro atoms. The van der Waals surface area contributed by atoms with Gasteiger partial charge in [0.1, 0.15) is 34.2 Å². The Balaban J connectivity index is 0.000000161. The number of benzene rings is 4. The highest BCUT2D eigenvalue weighted by Gasteiger charge is 2.13. The van der Waals surface area contributed by atoms with Crippen LogP contribution in [0.3, 0.4) is 0 Å². The molecule has 4 N–H and O–H groups in total. The van der Waals surface area contributed by atoms with Crippen LogP contribution in [0.5, 0.6) is 11.5 Å². The Morgan fingerprint density at radius 1 is 0.550 bits per heavy atom. The predicted octanol–water partition coefficient (Wildman–Crippen LogP) is 6.10. The first-order valence-electron chi connectivity index (χ1n) is 12.3. The van der Waals surface area contributed by atoms with Gasteiger partial charge in [0.05, 0.1) is 36.4 Å².